The standard InChI is InChI=1S/C21H31FN4O2/c1-2-24-11-7-19(8-12-24)23-20(27)16-25-9-4-10-26(14-13-25)21(28)17-5-3-6-18(22)15-17/h3,5-6,15,19H,2,4,7-14,16H2,1H3,(H,23,27). The molecule has 2 aliphatic heterocycles. The Kier molecular flexibility index (Phi) is 7.39. The van der Waals surface area contributed by atoms with Crippen molar-refractivity contribution in [2.45, 2.75) is 32.2 Å². The fourth-order valence-electron chi connectivity index (χ4n) is 4.01. The predicted octanol–water partition coefficient (Wildman–Crippen LogP) is 1.57. The van der Waals surface area contributed by atoms with Gasteiger partial charge in [-0.2, -0.15) is 0 Å². The SMILES string of the molecule is CCN1CCC(NC(=O)CN2CCCN(C(=O)c3cccc(F)c3)CC2)CC1. The van der Waals surface area contributed by atoms with Gasteiger partial charge in [0.2, 0.25) is 5.91 Å². The van der Waals surface area contributed by atoms with Crippen molar-refractivity contribution in [3.8, 4) is 0 Å². The van der Waals surface area contributed by atoms with Crippen LogP contribution in [0, 0.1) is 5.82 Å². The monoisotopic (exact) mass is 390 g/mol. The number of nitrogens with zero attached hydrogens (tertiary/aromatic N) is 3. The van der Waals surface area contributed by atoms with Crippen LogP contribution in [-0.4, -0.2) is 84.9 Å². The molecule has 2 amide bonds. The zero-order chi connectivity index (χ0) is 19.9. The Morgan fingerprint density at radius 2 is 1.86 bits per heavy atom. The van der Waals surface area contributed by atoms with E-state index >= 15 is 0 Å². The van der Waals surface area contributed by atoms with E-state index in [1.54, 1.807) is 17.0 Å². The highest BCUT2D eigenvalue weighted by Gasteiger charge is 2.23. The van der Waals surface area contributed by atoms with E-state index in [9.17, 15) is 14.0 Å². The van der Waals surface area contributed by atoms with Crippen molar-refractivity contribution in [1.82, 2.24) is 20.0 Å². The van der Waals surface area contributed by atoms with Crippen LogP contribution in [0.1, 0.15) is 36.5 Å². The quantitative estimate of drug-likeness (QED) is 0.829. The Morgan fingerprint density at radius 3 is 2.57 bits per heavy atom. The predicted molar refractivity (Wildman–Crippen MR) is 107 cm³/mol. The van der Waals surface area contributed by atoms with Crippen molar-refractivity contribution in [3.05, 3.63) is 35.6 Å². The summed E-state index contributed by atoms with van der Waals surface area (Å²) in [6, 6.07) is 6.09. The van der Waals surface area contributed by atoms with Gasteiger partial charge >= 0.3 is 0 Å². The van der Waals surface area contributed by atoms with Crippen LogP contribution in [0.15, 0.2) is 24.3 Å². The molecule has 28 heavy (non-hydrogen) atoms. The van der Waals surface area contributed by atoms with Crippen LogP contribution in [0.5, 0.6) is 0 Å². The lowest BCUT2D eigenvalue weighted by Crippen LogP contribution is -2.47. The van der Waals surface area contributed by atoms with E-state index in [1.807, 2.05) is 0 Å². The lowest BCUT2D eigenvalue weighted by molar-refractivity contribution is -0.123. The molecule has 0 aromatic heterocycles. The average molecular weight is 391 g/mol. The molecule has 2 aliphatic rings. The number of piperidine rings is 1. The van der Waals surface area contributed by atoms with Crippen LogP contribution in [0.25, 0.3) is 0 Å². The van der Waals surface area contributed by atoms with Gasteiger partial charge in [-0.3, -0.25) is 14.5 Å². The summed E-state index contributed by atoms with van der Waals surface area (Å²) in [4.78, 5) is 31.3. The molecule has 6 nitrogen and oxygen atoms in total. The number of amides is 2. The highest BCUT2D eigenvalue weighted by Crippen LogP contribution is 2.12. The topological polar surface area (TPSA) is 55.9 Å². The van der Waals surface area contributed by atoms with E-state index in [0.717, 1.165) is 45.4 Å². The van der Waals surface area contributed by atoms with Gasteiger partial charge in [-0.15, -0.1) is 0 Å². The van der Waals surface area contributed by atoms with Crippen LogP contribution in [0.3, 0.4) is 0 Å². The third-order valence-electron chi connectivity index (χ3n) is 5.71. The van der Waals surface area contributed by atoms with E-state index in [1.165, 1.54) is 12.1 Å². The highest BCUT2D eigenvalue weighted by atomic mass is 19.1. The van der Waals surface area contributed by atoms with Gasteiger partial charge in [0.15, 0.2) is 0 Å². The van der Waals surface area contributed by atoms with Crippen molar-refractivity contribution in [1.29, 1.82) is 0 Å². The third-order valence-corrected chi connectivity index (χ3v) is 5.71. The minimum atomic E-state index is -0.399. The minimum absolute atomic E-state index is 0.0693. The summed E-state index contributed by atoms with van der Waals surface area (Å²) in [5.41, 5.74) is 0.379. The van der Waals surface area contributed by atoms with Crippen LogP contribution in [0.2, 0.25) is 0 Å². The van der Waals surface area contributed by atoms with Crippen molar-refractivity contribution < 1.29 is 14.0 Å². The van der Waals surface area contributed by atoms with Crippen molar-refractivity contribution >= 4 is 11.8 Å². The molecule has 0 atom stereocenters. The number of hydrogen-bond donors (Lipinski definition) is 1. The molecule has 0 bridgehead atoms. The van der Waals surface area contributed by atoms with Gasteiger partial charge in [-0.1, -0.05) is 13.0 Å². The van der Waals surface area contributed by atoms with Gasteiger partial charge in [0.05, 0.1) is 6.54 Å². The fraction of sp³-hybridized carbons (Fsp3) is 0.619. The Morgan fingerprint density at radius 1 is 1.07 bits per heavy atom. The third kappa shape index (κ3) is 5.75. The zero-order valence-electron chi connectivity index (χ0n) is 16.7. The molecule has 3 rings (SSSR count). The summed E-state index contributed by atoms with van der Waals surface area (Å²) in [6.07, 6.45) is 2.83. The first-order valence-corrected chi connectivity index (χ1v) is 10.3. The number of hydrogen-bond acceptors (Lipinski definition) is 4. The van der Waals surface area contributed by atoms with Gasteiger partial charge in [-0.25, -0.2) is 4.39 Å². The largest absolute Gasteiger partial charge is 0.352 e. The molecule has 0 saturated carbocycles. The molecular formula is C21H31FN4O2. The molecule has 0 aliphatic carbocycles. The van der Waals surface area contributed by atoms with Crippen molar-refractivity contribution in [2.75, 3.05) is 52.4 Å². The molecule has 0 radical (unpaired) electrons. The maximum atomic E-state index is 13.4. The Bertz CT molecular complexity index is 676. The number of carbonyl (C=O) groups is 2. The molecule has 0 spiro atoms. The van der Waals surface area contributed by atoms with Gasteiger partial charge in [0.1, 0.15) is 5.82 Å². The smallest absolute Gasteiger partial charge is 0.254 e. The molecule has 1 N–H and O–H groups in total. The first-order chi connectivity index (χ1) is 13.5. The molecule has 2 saturated heterocycles. The average Bonchev–Trinajstić information content (AvgIpc) is 2.93. The van der Waals surface area contributed by atoms with E-state index in [-0.39, 0.29) is 17.9 Å². The second kappa shape index (κ2) is 9.98. The number of carbonyl (C=O) groups excluding carboxylic acids is 2. The van der Waals surface area contributed by atoms with Crippen molar-refractivity contribution in [3.63, 3.8) is 0 Å². The molecule has 0 unspecified atom stereocenters. The first-order valence-electron chi connectivity index (χ1n) is 10.3. The van der Waals surface area contributed by atoms with Gasteiger partial charge in [0, 0.05) is 50.9 Å². The van der Waals surface area contributed by atoms with E-state index in [0.29, 0.717) is 31.7 Å². The molecule has 1 aromatic carbocycles. The van der Waals surface area contributed by atoms with Crippen LogP contribution < -0.4 is 5.32 Å². The molecule has 154 valence electrons. The van der Waals surface area contributed by atoms with E-state index in [2.05, 4.69) is 22.0 Å². The van der Waals surface area contributed by atoms with E-state index < -0.39 is 5.82 Å². The number of nitrogens with one attached hydrogen (secondary N) is 1. The van der Waals surface area contributed by atoms with Gasteiger partial charge < -0.3 is 15.1 Å². The van der Waals surface area contributed by atoms with Crippen LogP contribution in [-0.2, 0) is 4.79 Å². The number of likely N-dealkylation sites (tertiary alicyclic amines) is 1. The Hall–Kier alpha value is -1.99. The zero-order valence-corrected chi connectivity index (χ0v) is 16.7. The minimum Gasteiger partial charge on any atom is -0.352 e. The summed E-state index contributed by atoms with van der Waals surface area (Å²) in [5, 5.41) is 3.17. The fourth-order valence-corrected chi connectivity index (χ4v) is 4.01. The summed E-state index contributed by atoms with van der Waals surface area (Å²) in [7, 11) is 0. The van der Waals surface area contributed by atoms with Crippen molar-refractivity contribution in [2.24, 2.45) is 0 Å². The van der Waals surface area contributed by atoms with Gasteiger partial charge in [0.25, 0.3) is 5.91 Å². The maximum absolute atomic E-state index is 13.4. The number of halogens is 1. The molecule has 7 heteroatoms. The lowest BCUT2D eigenvalue weighted by atomic mass is 10.1. The summed E-state index contributed by atoms with van der Waals surface area (Å²) < 4.78 is 13.4. The first kappa shape index (κ1) is 20.7. The summed E-state index contributed by atoms with van der Waals surface area (Å²) in [5.74, 6) is -0.475. The molecule has 2 fully saturated rings. The second-order valence-electron chi connectivity index (χ2n) is 7.71. The number of rotatable bonds is 5. The van der Waals surface area contributed by atoms with Crippen LogP contribution in [0.4, 0.5) is 4.39 Å². The normalized spacial score (nSPS) is 20.0. The Balaban J connectivity index is 1.44. The van der Waals surface area contributed by atoms with E-state index in [4.69, 9.17) is 0 Å². The summed E-state index contributed by atoms with van der Waals surface area (Å²) in [6.45, 7) is 8.32. The second-order valence-corrected chi connectivity index (χ2v) is 7.71. The summed E-state index contributed by atoms with van der Waals surface area (Å²) >= 11 is 0. The van der Waals surface area contributed by atoms with Gasteiger partial charge in [-0.05, 0) is 44.0 Å². The van der Waals surface area contributed by atoms with Crippen LogP contribution >= 0.6 is 0 Å². The molecule has 1 aromatic rings. The Labute approximate surface area is 166 Å². The maximum Gasteiger partial charge on any atom is 0.254 e. The lowest BCUT2D eigenvalue weighted by Gasteiger charge is -2.32. The highest BCUT2D eigenvalue weighted by molar-refractivity contribution is 5.94. The number of benzene rings is 1. The molecule has 2 heterocycles. The molecular weight excluding hydrogens is 359 g/mol.